The Morgan fingerprint density at radius 1 is 1.24 bits per heavy atom. The van der Waals surface area contributed by atoms with E-state index in [2.05, 4.69) is 30.8 Å². The predicted octanol–water partition coefficient (Wildman–Crippen LogP) is 2.96. The van der Waals surface area contributed by atoms with Crippen molar-refractivity contribution < 1.29 is 22.7 Å². The van der Waals surface area contributed by atoms with Crippen molar-refractivity contribution in [3.05, 3.63) is 24.3 Å². The zero-order valence-electron chi connectivity index (χ0n) is 15.1. The van der Waals surface area contributed by atoms with E-state index < -0.39 is 6.36 Å². The number of nitrogens with one attached hydrogen (secondary N) is 2. The molecule has 0 aliphatic heterocycles. The van der Waals surface area contributed by atoms with Gasteiger partial charge in [0.25, 0.3) is 5.95 Å². The molecule has 0 saturated heterocycles. The molecule has 13 heteroatoms. The molecule has 0 bridgehead atoms. The van der Waals surface area contributed by atoms with Crippen LogP contribution in [0.3, 0.4) is 0 Å². The molecule has 3 rings (SSSR count). The predicted molar refractivity (Wildman–Crippen MR) is 102 cm³/mol. The quantitative estimate of drug-likeness (QED) is 0.352. The summed E-state index contributed by atoms with van der Waals surface area (Å²) in [5.74, 6) is 5.37. The number of ether oxygens (including phenoxy) is 1. The second-order valence-corrected chi connectivity index (χ2v) is 7.02. The lowest BCUT2D eigenvalue weighted by Crippen LogP contribution is -2.18. The van der Waals surface area contributed by atoms with Crippen molar-refractivity contribution in [3.63, 3.8) is 0 Å². The van der Waals surface area contributed by atoms with Crippen LogP contribution in [0.5, 0.6) is 5.75 Å². The number of nitrogens with two attached hydrogens (primary N) is 1. The maximum Gasteiger partial charge on any atom is 0.573 e. The van der Waals surface area contributed by atoms with Gasteiger partial charge in [-0.15, -0.1) is 23.4 Å². The number of rotatable bonds is 7. The number of nitrogen functional groups attached to an aromatic ring is 1. The average Bonchev–Trinajstić information content (AvgIpc) is 3.29. The monoisotopic (exact) mass is 429 g/mol. The molecule has 29 heavy (non-hydrogen) atoms. The lowest BCUT2D eigenvalue weighted by molar-refractivity contribution is -0.274. The van der Waals surface area contributed by atoms with Gasteiger partial charge in [0.05, 0.1) is 5.75 Å². The lowest BCUT2D eigenvalue weighted by Gasteiger charge is -2.10. The topological polar surface area (TPSA) is 119 Å². The number of hydrogen-bond donors (Lipinski definition) is 3. The molecule has 1 aliphatic carbocycles. The first-order chi connectivity index (χ1) is 13.8. The minimum Gasteiger partial charge on any atom is -0.406 e. The molecule has 1 aromatic heterocycles. The van der Waals surface area contributed by atoms with Crippen molar-refractivity contribution in [2.24, 2.45) is 5.10 Å². The molecule has 0 spiro atoms. The Labute approximate surface area is 167 Å². The summed E-state index contributed by atoms with van der Waals surface area (Å²) < 4.78 is 41.4. The van der Waals surface area contributed by atoms with Crippen LogP contribution in [0.2, 0.25) is 0 Å². The summed E-state index contributed by atoms with van der Waals surface area (Å²) in [6.07, 6.45) is -0.655. The first-order valence-corrected chi connectivity index (χ1v) is 9.59. The fourth-order valence-corrected chi connectivity index (χ4v) is 3.20. The van der Waals surface area contributed by atoms with Crippen molar-refractivity contribution in [1.29, 1.82) is 0 Å². The molecular weight excluding hydrogens is 411 g/mol. The average molecular weight is 429 g/mol. The maximum atomic E-state index is 12.1. The van der Waals surface area contributed by atoms with Gasteiger partial charge in [-0.2, -0.15) is 5.10 Å². The molecule has 1 aromatic carbocycles. The van der Waals surface area contributed by atoms with E-state index in [0.29, 0.717) is 10.8 Å². The molecular formula is C16H18F3N7O2S. The normalized spacial score (nSPS) is 14.0. The van der Waals surface area contributed by atoms with Crippen LogP contribution in [-0.4, -0.2) is 38.6 Å². The van der Waals surface area contributed by atoms with Gasteiger partial charge in [-0.05, 0) is 49.9 Å². The molecule has 0 radical (unpaired) electrons. The summed E-state index contributed by atoms with van der Waals surface area (Å²) in [5.41, 5.74) is 4.15. The summed E-state index contributed by atoms with van der Waals surface area (Å²) in [7, 11) is 0. The smallest absolute Gasteiger partial charge is 0.406 e. The van der Waals surface area contributed by atoms with E-state index in [1.807, 2.05) is 0 Å². The van der Waals surface area contributed by atoms with Gasteiger partial charge in [-0.25, -0.2) is 10.1 Å². The van der Waals surface area contributed by atoms with Crippen LogP contribution < -0.4 is 21.3 Å². The number of anilines is 2. The number of carbonyl (C=O) groups is 1. The fourth-order valence-electron chi connectivity index (χ4n) is 2.54. The largest absolute Gasteiger partial charge is 0.573 e. The number of benzene rings is 1. The molecule has 2 aromatic rings. The van der Waals surface area contributed by atoms with E-state index in [1.165, 1.54) is 16.8 Å². The molecule has 4 N–H and O–H groups in total. The molecule has 1 saturated carbocycles. The maximum absolute atomic E-state index is 12.1. The van der Waals surface area contributed by atoms with E-state index in [1.54, 1.807) is 0 Å². The Kier molecular flexibility index (Phi) is 6.46. The van der Waals surface area contributed by atoms with Crippen molar-refractivity contribution in [2.45, 2.75) is 37.2 Å². The van der Waals surface area contributed by atoms with Gasteiger partial charge in [0.2, 0.25) is 11.1 Å². The van der Waals surface area contributed by atoms with Gasteiger partial charge in [0, 0.05) is 11.4 Å². The molecule has 0 unspecified atom stereocenters. The highest BCUT2D eigenvalue weighted by atomic mass is 32.2. The summed E-state index contributed by atoms with van der Waals surface area (Å²) in [4.78, 5) is 12.0. The summed E-state index contributed by atoms with van der Waals surface area (Å²) in [5, 5.41) is 14.9. The van der Waals surface area contributed by atoms with Crippen LogP contribution in [0.25, 0.3) is 0 Å². The van der Waals surface area contributed by atoms with Gasteiger partial charge in [0.15, 0.2) is 0 Å². The highest BCUT2D eigenvalue weighted by Gasteiger charge is 2.31. The minimum absolute atomic E-state index is 0.0232. The number of amides is 1. The van der Waals surface area contributed by atoms with Gasteiger partial charge in [-0.3, -0.25) is 4.79 Å². The van der Waals surface area contributed by atoms with E-state index in [0.717, 1.165) is 55.3 Å². The van der Waals surface area contributed by atoms with E-state index >= 15 is 0 Å². The van der Waals surface area contributed by atoms with Crippen molar-refractivity contribution in [2.75, 3.05) is 22.3 Å². The third-order valence-electron chi connectivity index (χ3n) is 3.86. The molecule has 1 fully saturated rings. The third-order valence-corrected chi connectivity index (χ3v) is 4.81. The Morgan fingerprint density at radius 3 is 2.59 bits per heavy atom. The van der Waals surface area contributed by atoms with Gasteiger partial charge < -0.3 is 15.9 Å². The van der Waals surface area contributed by atoms with Crippen LogP contribution in [0.15, 0.2) is 34.5 Å². The van der Waals surface area contributed by atoms with Crippen LogP contribution >= 0.6 is 11.8 Å². The Hall–Kier alpha value is -2.96. The lowest BCUT2D eigenvalue weighted by atomic mass is 10.3. The summed E-state index contributed by atoms with van der Waals surface area (Å²) in [6, 6.07) is 4.83. The molecule has 1 aliphatic rings. The highest BCUT2D eigenvalue weighted by molar-refractivity contribution is 7.99. The summed E-state index contributed by atoms with van der Waals surface area (Å²) in [6.45, 7) is 0. The van der Waals surface area contributed by atoms with E-state index in [-0.39, 0.29) is 23.4 Å². The zero-order chi connectivity index (χ0) is 20.9. The van der Waals surface area contributed by atoms with E-state index in [9.17, 15) is 18.0 Å². The first kappa shape index (κ1) is 20.8. The minimum atomic E-state index is -4.77. The molecule has 0 atom stereocenters. The number of halogens is 3. The standard InChI is InChI=1S/C16H18F3N7O2S/c17-16(18,19)28-12-7-5-10(6-8-12)21-13(27)9-29-15-25-24-14(26(15)20)23-22-11-3-1-2-4-11/h5-8H,1-4,9,20H2,(H,21,27)(H,23,24). The number of hydrazone groups is 1. The molecule has 1 heterocycles. The summed E-state index contributed by atoms with van der Waals surface area (Å²) >= 11 is 1.05. The third kappa shape index (κ3) is 6.27. The van der Waals surface area contributed by atoms with Gasteiger partial charge in [0.1, 0.15) is 5.75 Å². The Morgan fingerprint density at radius 2 is 1.93 bits per heavy atom. The number of thioether (sulfide) groups is 1. The van der Waals surface area contributed by atoms with Crippen LogP contribution in [-0.2, 0) is 4.79 Å². The van der Waals surface area contributed by atoms with Crippen LogP contribution in [0.1, 0.15) is 25.7 Å². The number of hydrogen-bond acceptors (Lipinski definition) is 8. The zero-order valence-corrected chi connectivity index (χ0v) is 15.9. The van der Waals surface area contributed by atoms with Crippen molar-refractivity contribution >= 4 is 35.0 Å². The number of aromatic nitrogens is 3. The van der Waals surface area contributed by atoms with Crippen LogP contribution in [0.4, 0.5) is 24.8 Å². The number of nitrogens with zero attached hydrogens (tertiary/aromatic N) is 4. The number of alkyl halides is 3. The Balaban J connectivity index is 1.48. The van der Waals surface area contributed by atoms with Gasteiger partial charge in [-0.1, -0.05) is 11.8 Å². The molecule has 156 valence electrons. The second-order valence-electron chi connectivity index (χ2n) is 6.08. The SMILES string of the molecule is Nn1c(NN=C2CCCC2)nnc1SCC(=O)Nc1ccc(OC(F)(F)F)cc1. The Bertz CT molecular complexity index is 876. The van der Waals surface area contributed by atoms with Crippen molar-refractivity contribution in [3.8, 4) is 5.75 Å². The van der Waals surface area contributed by atoms with Gasteiger partial charge >= 0.3 is 6.36 Å². The van der Waals surface area contributed by atoms with E-state index in [4.69, 9.17) is 5.84 Å². The highest BCUT2D eigenvalue weighted by Crippen LogP contribution is 2.24. The number of carbonyl (C=O) groups excluding carboxylic acids is 1. The van der Waals surface area contributed by atoms with Crippen molar-refractivity contribution in [1.82, 2.24) is 14.9 Å². The first-order valence-electron chi connectivity index (χ1n) is 8.60. The molecule has 9 nitrogen and oxygen atoms in total. The van der Waals surface area contributed by atoms with Crippen LogP contribution in [0, 0.1) is 0 Å². The second kappa shape index (κ2) is 9.03. The molecule has 1 amide bonds. The fraction of sp³-hybridized carbons (Fsp3) is 0.375.